The van der Waals surface area contributed by atoms with Gasteiger partial charge >= 0.3 is 0 Å². The predicted octanol–water partition coefficient (Wildman–Crippen LogP) is 4.23. The Morgan fingerprint density at radius 1 is 1.42 bits per heavy atom. The van der Waals surface area contributed by atoms with Crippen molar-refractivity contribution in [3.8, 4) is 0 Å². The van der Waals surface area contributed by atoms with Gasteiger partial charge in [0.2, 0.25) is 0 Å². The van der Waals surface area contributed by atoms with Crippen LogP contribution in [0.5, 0.6) is 0 Å². The smallest absolute Gasteiger partial charge is 0.0257 e. The molecule has 0 heterocycles. The van der Waals surface area contributed by atoms with Crippen LogP contribution in [0.25, 0.3) is 0 Å². The molecule has 0 bridgehead atoms. The maximum Gasteiger partial charge on any atom is -0.0257 e. The van der Waals surface area contributed by atoms with E-state index in [1.807, 2.05) is 0 Å². The van der Waals surface area contributed by atoms with Gasteiger partial charge in [-0.1, -0.05) is 45.3 Å². The first-order valence-electron chi connectivity index (χ1n) is 5.06. The van der Waals surface area contributed by atoms with Crippen molar-refractivity contribution in [3.63, 3.8) is 0 Å². The van der Waals surface area contributed by atoms with Crippen molar-refractivity contribution in [3.05, 3.63) is 18.6 Å². The van der Waals surface area contributed by atoms with E-state index in [1.165, 1.54) is 24.8 Å². The van der Waals surface area contributed by atoms with E-state index >= 15 is 0 Å². The first-order valence-corrected chi connectivity index (χ1v) is 5.06. The molecule has 12 heavy (non-hydrogen) atoms. The molecular formula is C12H23. The minimum absolute atomic E-state index is 0.698. The van der Waals surface area contributed by atoms with Crippen LogP contribution in [-0.2, 0) is 0 Å². The van der Waals surface area contributed by atoms with Gasteiger partial charge in [-0.2, -0.15) is 0 Å². The number of hydrogen-bond acceptors (Lipinski definition) is 0. The molecule has 0 fully saturated rings. The van der Waals surface area contributed by atoms with Gasteiger partial charge in [0.1, 0.15) is 0 Å². The van der Waals surface area contributed by atoms with Crippen LogP contribution in [0, 0.1) is 18.8 Å². The lowest BCUT2D eigenvalue weighted by Crippen LogP contribution is -2.00. The average molecular weight is 167 g/mol. The number of allylic oxidation sites excluding steroid dienone is 2. The van der Waals surface area contributed by atoms with Crippen LogP contribution in [0.15, 0.2) is 11.6 Å². The summed E-state index contributed by atoms with van der Waals surface area (Å²) < 4.78 is 0. The summed E-state index contributed by atoms with van der Waals surface area (Å²) in [4.78, 5) is 0. The summed E-state index contributed by atoms with van der Waals surface area (Å²) >= 11 is 0. The fourth-order valence-corrected chi connectivity index (χ4v) is 1.80. The first kappa shape index (κ1) is 11.7. The number of rotatable bonds is 5. The zero-order valence-electron chi connectivity index (χ0n) is 9.06. The third kappa shape index (κ3) is 6.45. The summed E-state index contributed by atoms with van der Waals surface area (Å²) in [6, 6.07) is 0. The first-order chi connectivity index (χ1) is 5.56. The Morgan fingerprint density at radius 2 is 2.00 bits per heavy atom. The van der Waals surface area contributed by atoms with Gasteiger partial charge < -0.3 is 0 Å². The average Bonchev–Trinajstić information content (AvgIpc) is 1.84. The third-order valence-corrected chi connectivity index (χ3v) is 2.12. The summed E-state index contributed by atoms with van der Waals surface area (Å²) in [7, 11) is 0. The molecule has 0 aliphatic rings. The van der Waals surface area contributed by atoms with Crippen molar-refractivity contribution in [1.29, 1.82) is 0 Å². The van der Waals surface area contributed by atoms with E-state index < -0.39 is 0 Å². The highest BCUT2D eigenvalue weighted by Gasteiger charge is 2.04. The van der Waals surface area contributed by atoms with Gasteiger partial charge in [-0.15, -0.1) is 0 Å². The van der Waals surface area contributed by atoms with E-state index in [2.05, 4.69) is 40.7 Å². The van der Waals surface area contributed by atoms with Crippen LogP contribution < -0.4 is 0 Å². The zero-order chi connectivity index (χ0) is 9.56. The molecule has 1 radical (unpaired) electrons. The van der Waals surface area contributed by atoms with E-state index in [4.69, 9.17) is 0 Å². The molecule has 0 aromatic carbocycles. The van der Waals surface area contributed by atoms with Crippen molar-refractivity contribution in [2.45, 2.75) is 47.0 Å². The molecule has 0 amide bonds. The van der Waals surface area contributed by atoms with Crippen molar-refractivity contribution in [2.75, 3.05) is 0 Å². The van der Waals surface area contributed by atoms with Crippen LogP contribution in [-0.4, -0.2) is 0 Å². The highest BCUT2D eigenvalue weighted by Crippen LogP contribution is 2.18. The topological polar surface area (TPSA) is 0 Å². The van der Waals surface area contributed by atoms with E-state index in [0.717, 1.165) is 5.92 Å². The molecule has 2 unspecified atom stereocenters. The molecule has 71 valence electrons. The molecule has 0 saturated carbocycles. The SMILES string of the molecule is [CH2]C(C)=CC(C)CC(C)CCC. The van der Waals surface area contributed by atoms with E-state index in [1.54, 1.807) is 0 Å². The summed E-state index contributed by atoms with van der Waals surface area (Å²) in [6.07, 6.45) is 6.24. The summed E-state index contributed by atoms with van der Waals surface area (Å²) in [5, 5.41) is 0. The molecule has 0 rings (SSSR count). The molecule has 0 aliphatic carbocycles. The minimum Gasteiger partial charge on any atom is -0.0827 e. The molecule has 0 spiro atoms. The Kier molecular flexibility index (Phi) is 6.14. The highest BCUT2D eigenvalue weighted by molar-refractivity contribution is 5.02. The Balaban J connectivity index is 3.68. The van der Waals surface area contributed by atoms with Crippen LogP contribution in [0.3, 0.4) is 0 Å². The zero-order valence-corrected chi connectivity index (χ0v) is 9.06. The largest absolute Gasteiger partial charge is 0.0827 e. The van der Waals surface area contributed by atoms with Crippen LogP contribution in [0.4, 0.5) is 0 Å². The second-order valence-corrected chi connectivity index (χ2v) is 4.12. The van der Waals surface area contributed by atoms with Crippen molar-refractivity contribution in [2.24, 2.45) is 11.8 Å². The van der Waals surface area contributed by atoms with Crippen molar-refractivity contribution in [1.82, 2.24) is 0 Å². The van der Waals surface area contributed by atoms with Crippen molar-refractivity contribution >= 4 is 0 Å². The summed E-state index contributed by atoms with van der Waals surface area (Å²) in [6.45, 7) is 12.8. The standard InChI is InChI=1S/C12H23/c1-6-7-11(4)9-12(5)8-10(2)3/h8,11-12H,2,6-7,9H2,1,3-5H3. The molecule has 2 atom stereocenters. The fourth-order valence-electron chi connectivity index (χ4n) is 1.80. The highest BCUT2D eigenvalue weighted by atomic mass is 14.1. The molecule has 0 N–H and O–H groups in total. The van der Waals surface area contributed by atoms with Gasteiger partial charge in [0.05, 0.1) is 0 Å². The minimum atomic E-state index is 0.698. The lowest BCUT2D eigenvalue weighted by molar-refractivity contribution is 0.434. The molecule has 0 aliphatic heterocycles. The van der Waals surface area contributed by atoms with E-state index in [0.29, 0.717) is 5.92 Å². The van der Waals surface area contributed by atoms with Gasteiger partial charge in [0.15, 0.2) is 0 Å². The van der Waals surface area contributed by atoms with E-state index in [9.17, 15) is 0 Å². The summed E-state index contributed by atoms with van der Waals surface area (Å²) in [5.74, 6) is 1.56. The monoisotopic (exact) mass is 167 g/mol. The molecule has 0 aromatic rings. The van der Waals surface area contributed by atoms with E-state index in [-0.39, 0.29) is 0 Å². The van der Waals surface area contributed by atoms with Crippen molar-refractivity contribution < 1.29 is 0 Å². The van der Waals surface area contributed by atoms with Gasteiger partial charge in [-0.3, -0.25) is 0 Å². The molecule has 0 nitrogen and oxygen atoms in total. The predicted molar refractivity (Wildman–Crippen MR) is 57.0 cm³/mol. The maximum atomic E-state index is 3.89. The summed E-state index contributed by atoms with van der Waals surface area (Å²) in [5.41, 5.74) is 1.20. The molecule has 0 heteroatoms. The van der Waals surface area contributed by atoms with Crippen LogP contribution >= 0.6 is 0 Å². The van der Waals surface area contributed by atoms with Gasteiger partial charge in [-0.25, -0.2) is 0 Å². The van der Waals surface area contributed by atoms with Crippen LogP contribution in [0.1, 0.15) is 47.0 Å². The van der Waals surface area contributed by atoms with Crippen LogP contribution in [0.2, 0.25) is 0 Å². The lowest BCUT2D eigenvalue weighted by Gasteiger charge is -2.13. The van der Waals surface area contributed by atoms with Gasteiger partial charge in [-0.05, 0) is 32.1 Å². The normalized spacial score (nSPS) is 17.6. The lowest BCUT2D eigenvalue weighted by atomic mass is 9.93. The fraction of sp³-hybridized carbons (Fsp3) is 0.750. The molecular weight excluding hydrogens is 144 g/mol. The number of hydrogen-bond donors (Lipinski definition) is 0. The Hall–Kier alpha value is -0.260. The maximum absolute atomic E-state index is 3.89. The molecule has 0 aromatic heterocycles. The quantitative estimate of drug-likeness (QED) is 0.575. The molecule has 0 saturated heterocycles. The Morgan fingerprint density at radius 3 is 2.42 bits per heavy atom. The third-order valence-electron chi connectivity index (χ3n) is 2.12. The second kappa shape index (κ2) is 6.28. The van der Waals surface area contributed by atoms with Gasteiger partial charge in [0, 0.05) is 0 Å². The Labute approximate surface area is 78.1 Å². The van der Waals surface area contributed by atoms with Gasteiger partial charge in [0.25, 0.3) is 0 Å². The Bertz CT molecular complexity index is 129. The second-order valence-electron chi connectivity index (χ2n) is 4.12.